The molecule has 0 unspecified atom stereocenters. The van der Waals surface area contributed by atoms with Gasteiger partial charge < -0.3 is 10.6 Å². The van der Waals surface area contributed by atoms with Gasteiger partial charge in [-0.3, -0.25) is 9.78 Å². The molecule has 2 N–H and O–H groups in total. The van der Waals surface area contributed by atoms with Crippen LogP contribution in [0.1, 0.15) is 17.7 Å². The summed E-state index contributed by atoms with van der Waals surface area (Å²) in [5, 5.41) is 5.78. The summed E-state index contributed by atoms with van der Waals surface area (Å²) in [4.78, 5) is 15.6. The maximum atomic E-state index is 14.0. The summed E-state index contributed by atoms with van der Waals surface area (Å²) >= 11 is 3.32. The van der Waals surface area contributed by atoms with Crippen molar-refractivity contribution in [1.82, 2.24) is 4.98 Å². The molecular weight excluding hydrogens is 337 g/mol. The molecule has 4 nitrogen and oxygen atoms in total. The van der Waals surface area contributed by atoms with Gasteiger partial charge in [-0.05, 0) is 52.2 Å². The number of aryl methyl sites for hydroxylation is 1. The number of rotatable bonds is 3. The van der Waals surface area contributed by atoms with Crippen LogP contribution in [0.3, 0.4) is 0 Å². The van der Waals surface area contributed by atoms with E-state index in [9.17, 15) is 9.18 Å². The van der Waals surface area contributed by atoms with E-state index >= 15 is 0 Å². The molecule has 0 saturated heterocycles. The molecule has 1 aromatic carbocycles. The molecule has 0 atom stereocenters. The van der Waals surface area contributed by atoms with E-state index in [1.807, 2.05) is 12.1 Å². The fraction of sp³-hybridized carbons (Fsp3) is 0.200. The number of carbonyl (C=O) groups excluding carboxylic acids is 1. The number of amides is 1. The molecule has 2 heterocycles. The van der Waals surface area contributed by atoms with Gasteiger partial charge in [0.2, 0.25) is 5.91 Å². The van der Waals surface area contributed by atoms with Gasteiger partial charge in [-0.15, -0.1) is 0 Å². The largest absolute Gasteiger partial charge is 0.377 e. The van der Waals surface area contributed by atoms with Crippen LogP contribution in [0.4, 0.5) is 15.8 Å². The molecule has 0 aliphatic carbocycles. The molecule has 1 aliphatic heterocycles. The zero-order valence-electron chi connectivity index (χ0n) is 11.1. The highest BCUT2D eigenvalue weighted by atomic mass is 79.9. The molecular formula is C15H13BrFN3O. The van der Waals surface area contributed by atoms with Gasteiger partial charge in [-0.25, -0.2) is 4.39 Å². The lowest BCUT2D eigenvalue weighted by atomic mass is 10.0. The lowest BCUT2D eigenvalue weighted by Gasteiger charge is -2.18. The van der Waals surface area contributed by atoms with E-state index in [0.29, 0.717) is 30.8 Å². The third kappa shape index (κ3) is 3.21. The van der Waals surface area contributed by atoms with Crippen molar-refractivity contribution in [3.8, 4) is 0 Å². The smallest absolute Gasteiger partial charge is 0.224 e. The van der Waals surface area contributed by atoms with Crippen molar-refractivity contribution in [1.29, 1.82) is 0 Å². The molecule has 0 fully saturated rings. The van der Waals surface area contributed by atoms with Crippen molar-refractivity contribution in [3.05, 3.63) is 52.0 Å². The van der Waals surface area contributed by atoms with Crippen molar-refractivity contribution < 1.29 is 9.18 Å². The van der Waals surface area contributed by atoms with E-state index < -0.39 is 0 Å². The van der Waals surface area contributed by atoms with Crippen molar-refractivity contribution in [2.75, 3.05) is 10.6 Å². The highest BCUT2D eigenvalue weighted by Crippen LogP contribution is 2.28. The van der Waals surface area contributed by atoms with Gasteiger partial charge in [0.1, 0.15) is 5.82 Å². The number of halogens is 2. The number of fused-ring (bicyclic) bond motifs is 1. The van der Waals surface area contributed by atoms with Crippen LogP contribution >= 0.6 is 15.9 Å². The Morgan fingerprint density at radius 3 is 2.95 bits per heavy atom. The van der Waals surface area contributed by atoms with Crippen LogP contribution in [0.25, 0.3) is 0 Å². The van der Waals surface area contributed by atoms with Crippen molar-refractivity contribution >= 4 is 33.2 Å². The van der Waals surface area contributed by atoms with Gasteiger partial charge in [0.15, 0.2) is 0 Å². The summed E-state index contributed by atoms with van der Waals surface area (Å²) in [6.45, 7) is 0.414. The SMILES string of the molecule is O=C1CCc2cc(F)c(NCc3ccc(Br)cn3)cc2N1. The summed E-state index contributed by atoms with van der Waals surface area (Å²) in [7, 11) is 0. The van der Waals surface area contributed by atoms with Crippen LogP contribution < -0.4 is 10.6 Å². The summed E-state index contributed by atoms with van der Waals surface area (Å²) in [5.41, 5.74) is 2.68. The van der Waals surface area contributed by atoms with E-state index in [1.54, 1.807) is 12.3 Å². The van der Waals surface area contributed by atoms with E-state index in [0.717, 1.165) is 15.7 Å². The maximum Gasteiger partial charge on any atom is 0.224 e. The molecule has 0 bridgehead atoms. The van der Waals surface area contributed by atoms with E-state index in [2.05, 4.69) is 31.5 Å². The highest BCUT2D eigenvalue weighted by molar-refractivity contribution is 9.10. The molecule has 6 heteroatoms. The van der Waals surface area contributed by atoms with E-state index in [1.165, 1.54) is 6.07 Å². The van der Waals surface area contributed by atoms with Crippen molar-refractivity contribution in [3.63, 3.8) is 0 Å². The Morgan fingerprint density at radius 1 is 1.33 bits per heavy atom. The molecule has 108 valence electrons. The van der Waals surface area contributed by atoms with Crippen molar-refractivity contribution in [2.24, 2.45) is 0 Å². The third-order valence-electron chi connectivity index (χ3n) is 3.34. The zero-order valence-corrected chi connectivity index (χ0v) is 12.7. The number of anilines is 2. The maximum absolute atomic E-state index is 14.0. The van der Waals surface area contributed by atoms with Gasteiger partial charge in [0, 0.05) is 22.8 Å². The first-order valence-electron chi connectivity index (χ1n) is 6.58. The number of hydrogen-bond donors (Lipinski definition) is 2. The Hall–Kier alpha value is -1.95. The highest BCUT2D eigenvalue weighted by Gasteiger charge is 2.17. The average molecular weight is 350 g/mol. The molecule has 3 rings (SSSR count). The van der Waals surface area contributed by atoms with Gasteiger partial charge >= 0.3 is 0 Å². The minimum Gasteiger partial charge on any atom is -0.377 e. The molecule has 21 heavy (non-hydrogen) atoms. The third-order valence-corrected chi connectivity index (χ3v) is 3.81. The Morgan fingerprint density at radius 2 is 2.19 bits per heavy atom. The van der Waals surface area contributed by atoms with Gasteiger partial charge in [-0.2, -0.15) is 0 Å². The quantitative estimate of drug-likeness (QED) is 0.891. The van der Waals surface area contributed by atoms with Gasteiger partial charge in [-0.1, -0.05) is 0 Å². The zero-order chi connectivity index (χ0) is 14.8. The monoisotopic (exact) mass is 349 g/mol. The van der Waals surface area contributed by atoms with Crippen LogP contribution in [-0.2, 0) is 17.8 Å². The standard InChI is InChI=1S/C15H13BrFN3O/c16-10-2-3-11(18-7-10)8-19-14-6-13-9(5-12(14)17)1-4-15(21)20-13/h2-3,5-7,19H,1,4,8H2,(H,20,21). The van der Waals surface area contributed by atoms with Crippen molar-refractivity contribution in [2.45, 2.75) is 19.4 Å². The minimum atomic E-state index is -0.318. The second-order valence-corrected chi connectivity index (χ2v) is 5.77. The molecule has 2 aromatic rings. The Balaban J connectivity index is 1.77. The number of pyridine rings is 1. The summed E-state index contributed by atoms with van der Waals surface area (Å²) < 4.78 is 14.9. The first-order valence-corrected chi connectivity index (χ1v) is 7.38. The normalized spacial score (nSPS) is 13.5. The lowest BCUT2D eigenvalue weighted by molar-refractivity contribution is -0.116. The van der Waals surface area contributed by atoms with Crippen LogP contribution in [-0.4, -0.2) is 10.9 Å². The topological polar surface area (TPSA) is 54.0 Å². The second kappa shape index (κ2) is 5.81. The fourth-order valence-electron chi connectivity index (χ4n) is 2.23. The Bertz CT molecular complexity index is 688. The van der Waals surface area contributed by atoms with E-state index in [-0.39, 0.29) is 11.7 Å². The molecule has 1 aromatic heterocycles. The van der Waals surface area contributed by atoms with Crippen LogP contribution in [0.2, 0.25) is 0 Å². The summed E-state index contributed by atoms with van der Waals surface area (Å²) in [5.74, 6) is -0.350. The first-order chi connectivity index (χ1) is 10.1. The predicted molar refractivity (Wildman–Crippen MR) is 82.6 cm³/mol. The molecule has 0 radical (unpaired) electrons. The molecule has 0 spiro atoms. The van der Waals surface area contributed by atoms with Gasteiger partial charge in [0.05, 0.1) is 17.9 Å². The number of hydrogen-bond acceptors (Lipinski definition) is 3. The number of nitrogens with one attached hydrogen (secondary N) is 2. The minimum absolute atomic E-state index is 0.0327. The Labute approximate surface area is 129 Å². The van der Waals surface area contributed by atoms with Crippen LogP contribution in [0.5, 0.6) is 0 Å². The lowest BCUT2D eigenvalue weighted by Crippen LogP contribution is -2.19. The Kier molecular flexibility index (Phi) is 3.88. The molecule has 0 saturated carbocycles. The molecule has 1 aliphatic rings. The predicted octanol–water partition coefficient (Wildman–Crippen LogP) is 3.48. The number of carbonyl (C=O) groups is 1. The van der Waals surface area contributed by atoms with E-state index in [4.69, 9.17) is 0 Å². The summed E-state index contributed by atoms with van der Waals surface area (Å²) in [6.07, 6.45) is 2.68. The number of nitrogens with zero attached hydrogens (tertiary/aromatic N) is 1. The second-order valence-electron chi connectivity index (χ2n) is 4.86. The van der Waals surface area contributed by atoms with Gasteiger partial charge in [0.25, 0.3) is 0 Å². The fourth-order valence-corrected chi connectivity index (χ4v) is 2.47. The average Bonchev–Trinajstić information content (AvgIpc) is 2.47. The molecule has 1 amide bonds. The summed E-state index contributed by atoms with van der Waals surface area (Å²) in [6, 6.07) is 6.86. The first kappa shape index (κ1) is 14.0. The number of benzene rings is 1. The van der Waals surface area contributed by atoms with Crippen LogP contribution in [0.15, 0.2) is 34.9 Å². The number of aromatic nitrogens is 1. The van der Waals surface area contributed by atoms with Crippen LogP contribution in [0, 0.1) is 5.82 Å².